The smallest absolute Gasteiger partial charge is 0.420 e. The Morgan fingerprint density at radius 2 is 1.22 bits per heavy atom. The first-order valence-corrected chi connectivity index (χ1v) is 13.2. The molecule has 0 aliphatic rings. The van der Waals surface area contributed by atoms with Crippen LogP contribution in [0.1, 0.15) is 81.6 Å². The van der Waals surface area contributed by atoms with Crippen LogP contribution in [0.3, 0.4) is 0 Å². The Morgan fingerprint density at radius 1 is 0.812 bits per heavy atom. The van der Waals surface area contributed by atoms with Crippen LogP contribution in [0.4, 0.5) is 9.59 Å². The third-order valence-electron chi connectivity index (χ3n) is 3.28. The molecule has 0 aromatic rings. The zero-order valence-corrected chi connectivity index (χ0v) is 22.0. The fourth-order valence-corrected chi connectivity index (χ4v) is 3.80. The second kappa shape index (κ2) is 11.6. The third-order valence-corrected chi connectivity index (χ3v) is 5.42. The molecule has 0 rings (SSSR count). The molecule has 1 N–H and O–H groups in total. The lowest BCUT2D eigenvalue weighted by atomic mass is 10.1. The highest BCUT2D eigenvalue weighted by molar-refractivity contribution is 8.69. The minimum absolute atomic E-state index is 0.0144. The predicted octanol–water partition coefficient (Wildman–Crippen LogP) is 4.58. The van der Waals surface area contributed by atoms with E-state index in [0.717, 1.165) is 0 Å². The first kappa shape index (κ1) is 30.5. The van der Waals surface area contributed by atoms with Crippen molar-refractivity contribution in [2.24, 2.45) is 0 Å². The maximum atomic E-state index is 12.9. The van der Waals surface area contributed by atoms with Crippen LogP contribution >= 0.6 is 10.8 Å². The lowest BCUT2D eigenvalue weighted by Gasteiger charge is -2.33. The summed E-state index contributed by atoms with van der Waals surface area (Å²) in [6.45, 7) is 14.7. The van der Waals surface area contributed by atoms with Crippen molar-refractivity contribution in [2.45, 2.75) is 104 Å². The molecule has 10 nitrogen and oxygen atoms in total. The van der Waals surface area contributed by atoms with Crippen molar-refractivity contribution in [3.63, 3.8) is 0 Å². The van der Waals surface area contributed by atoms with Gasteiger partial charge in [-0.2, -0.15) is 13.3 Å². The number of hydrogen-bond acceptors (Lipinski definition) is 9. The minimum atomic E-state index is -4.18. The Balaban J connectivity index is 5.87. The molecule has 0 aliphatic carbocycles. The normalized spacial score (nSPS) is 13.8. The molecule has 1 atom stereocenters. The van der Waals surface area contributed by atoms with Gasteiger partial charge in [0.05, 0.1) is 0 Å². The molecule has 0 bridgehead atoms. The Morgan fingerprint density at radius 3 is 1.56 bits per heavy atom. The summed E-state index contributed by atoms with van der Waals surface area (Å²) in [5.41, 5.74) is -2.77. The van der Waals surface area contributed by atoms with E-state index >= 15 is 0 Å². The highest BCUT2D eigenvalue weighted by atomic mass is 33.1. The fraction of sp³-hybridized carbons (Fsp3) is 0.850. The van der Waals surface area contributed by atoms with Gasteiger partial charge in [0.15, 0.2) is 0 Å². The Kier molecular flexibility index (Phi) is 11.0. The van der Waals surface area contributed by atoms with E-state index in [4.69, 9.17) is 18.8 Å². The van der Waals surface area contributed by atoms with Crippen molar-refractivity contribution < 1.29 is 41.6 Å². The van der Waals surface area contributed by atoms with E-state index in [-0.39, 0.29) is 18.6 Å². The van der Waals surface area contributed by atoms with E-state index in [9.17, 15) is 22.8 Å². The number of hydrogen-bond donors (Lipinski definition) is 1. The van der Waals surface area contributed by atoms with Crippen molar-refractivity contribution in [1.82, 2.24) is 4.90 Å². The van der Waals surface area contributed by atoms with Crippen LogP contribution in [0, 0.1) is 0 Å². The summed E-state index contributed by atoms with van der Waals surface area (Å²) in [6.07, 6.45) is -1.58. The molecule has 0 fully saturated rings. The number of unbranched alkanes of at least 4 members (excludes halogenated alkanes) is 1. The topological polar surface area (TPSA) is 137 Å². The number of esters is 1. The number of nitrogens with zero attached hydrogens (tertiary/aromatic N) is 1. The molecule has 0 saturated heterocycles. The van der Waals surface area contributed by atoms with E-state index in [0.29, 0.717) is 22.1 Å². The summed E-state index contributed by atoms with van der Waals surface area (Å²) in [7, 11) is -3.83. The maximum Gasteiger partial charge on any atom is 0.420 e. The van der Waals surface area contributed by atoms with Crippen molar-refractivity contribution in [3.05, 3.63) is 0 Å². The second-order valence-corrected chi connectivity index (χ2v) is 13.6. The largest absolute Gasteiger partial charge is 0.458 e. The number of ether oxygens (including phenoxy) is 3. The second-order valence-electron chi connectivity index (χ2n) is 10.1. The molecule has 0 spiro atoms. The van der Waals surface area contributed by atoms with Gasteiger partial charge in [-0.1, -0.05) is 0 Å². The van der Waals surface area contributed by atoms with Gasteiger partial charge in [0, 0.05) is 5.75 Å². The van der Waals surface area contributed by atoms with E-state index in [1.54, 1.807) is 62.3 Å². The summed E-state index contributed by atoms with van der Waals surface area (Å²) in [6, 6.07) is -1.35. The van der Waals surface area contributed by atoms with Gasteiger partial charge in [0.25, 0.3) is 0 Å². The van der Waals surface area contributed by atoms with Crippen molar-refractivity contribution >= 4 is 38.1 Å². The lowest BCUT2D eigenvalue weighted by molar-refractivity contribution is -0.161. The summed E-state index contributed by atoms with van der Waals surface area (Å²) in [5, 5.41) is 0. The van der Waals surface area contributed by atoms with E-state index in [1.165, 1.54) is 0 Å². The highest BCUT2D eigenvalue weighted by Gasteiger charge is 2.41. The Bertz CT molecular complexity index is 731. The van der Waals surface area contributed by atoms with Gasteiger partial charge in [0.2, 0.25) is 0 Å². The van der Waals surface area contributed by atoms with Gasteiger partial charge in [0.1, 0.15) is 22.8 Å². The average Bonchev–Trinajstić information content (AvgIpc) is 2.46. The summed E-state index contributed by atoms with van der Waals surface area (Å²) < 4.78 is 46.6. The van der Waals surface area contributed by atoms with Gasteiger partial charge in [-0.25, -0.2) is 14.4 Å². The number of carbonyl (C=O) groups is 3. The number of carbonyl (C=O) groups excluding carboxylic acids is 3. The third kappa shape index (κ3) is 14.5. The van der Waals surface area contributed by atoms with E-state index in [2.05, 4.69) is 0 Å². The van der Waals surface area contributed by atoms with Crippen LogP contribution in [0.2, 0.25) is 0 Å². The lowest BCUT2D eigenvalue weighted by Crippen LogP contribution is -2.53. The molecule has 0 aromatic carbocycles. The minimum Gasteiger partial charge on any atom is -0.458 e. The van der Waals surface area contributed by atoms with E-state index < -0.39 is 50.2 Å². The number of amides is 2. The first-order chi connectivity index (χ1) is 14.1. The quantitative estimate of drug-likeness (QED) is 0.166. The molecule has 0 aliphatic heterocycles. The van der Waals surface area contributed by atoms with Gasteiger partial charge < -0.3 is 14.2 Å². The monoisotopic (exact) mass is 499 g/mol. The van der Waals surface area contributed by atoms with Crippen molar-refractivity contribution in [2.75, 3.05) is 5.75 Å². The predicted molar refractivity (Wildman–Crippen MR) is 122 cm³/mol. The molecule has 2 amide bonds. The SMILES string of the molecule is CC(C)(C)OC(=O)[C@H](CCCCSS(=O)(=O)O)N(C(=O)OC(C)(C)C)C(=O)OC(C)(C)C. The van der Waals surface area contributed by atoms with Crippen LogP contribution in [0.15, 0.2) is 0 Å². The van der Waals surface area contributed by atoms with E-state index in [1.807, 2.05) is 0 Å². The highest BCUT2D eigenvalue weighted by Crippen LogP contribution is 2.23. The summed E-state index contributed by atoms with van der Waals surface area (Å²) in [5.74, 6) is -0.754. The van der Waals surface area contributed by atoms with Gasteiger partial charge in [-0.15, -0.1) is 0 Å². The molecule has 0 saturated carbocycles. The molecule has 0 radical (unpaired) electrons. The molecule has 12 heteroatoms. The van der Waals surface area contributed by atoms with Crippen LogP contribution in [0.25, 0.3) is 0 Å². The fourth-order valence-electron chi connectivity index (χ4n) is 2.28. The molecule has 32 heavy (non-hydrogen) atoms. The van der Waals surface area contributed by atoms with Gasteiger partial charge >= 0.3 is 27.3 Å². The first-order valence-electron chi connectivity index (χ1n) is 10.2. The van der Waals surface area contributed by atoms with Crippen molar-refractivity contribution in [1.29, 1.82) is 0 Å². The van der Waals surface area contributed by atoms with Crippen LogP contribution < -0.4 is 0 Å². The average molecular weight is 500 g/mol. The molecular weight excluding hydrogens is 462 g/mol. The number of imide groups is 1. The van der Waals surface area contributed by atoms with Crippen LogP contribution in [0.5, 0.6) is 0 Å². The number of rotatable bonds is 8. The Hall–Kier alpha value is -1.53. The summed E-state index contributed by atoms with van der Waals surface area (Å²) in [4.78, 5) is 39.3. The van der Waals surface area contributed by atoms with Crippen LogP contribution in [-0.2, 0) is 28.2 Å². The molecule has 188 valence electrons. The van der Waals surface area contributed by atoms with Gasteiger partial charge in [-0.05, 0) is 92.4 Å². The zero-order valence-electron chi connectivity index (χ0n) is 20.4. The van der Waals surface area contributed by atoms with Gasteiger partial charge in [-0.3, -0.25) is 4.55 Å². The molecule has 0 unspecified atom stereocenters. The summed E-state index contributed by atoms with van der Waals surface area (Å²) >= 11 is 0. The zero-order chi connectivity index (χ0) is 25.5. The van der Waals surface area contributed by atoms with Crippen LogP contribution in [-0.4, -0.2) is 64.6 Å². The maximum absolute atomic E-state index is 12.9. The standard InChI is InChI=1S/C20H37NO9S2/c1-18(2,3)28-15(22)14(12-10-11-13-31-32(25,26)27)21(16(23)29-19(4,5)6)17(24)30-20(7,8)9/h14H,10-13H2,1-9H3,(H,25,26,27)/t14-/m0/s1. The Labute approximate surface area is 194 Å². The molecular formula is C20H37NO9S2. The molecule has 0 aromatic heterocycles. The van der Waals surface area contributed by atoms with Crippen molar-refractivity contribution in [3.8, 4) is 0 Å². The molecule has 0 heterocycles.